The van der Waals surface area contributed by atoms with Crippen LogP contribution >= 0.6 is 0 Å². The monoisotopic (exact) mass is 426 g/mol. The molecule has 1 N–H and O–H groups in total. The standard InChI is InChI=1S/C27H30N4O/c1-19-7-9-23-25(19)26(30-18-29-23)31-17-27(11-13-28-14-12-27)22-15-21(8-10-24(22)31)32-16-20-5-3-2-4-6-20/h2-6,8,10,15,18-19,28H,7,9,11-14,16-17H2,1H3. The number of fused-ring (bicyclic) bond motifs is 3. The van der Waals surface area contributed by atoms with Crippen molar-refractivity contribution in [1.82, 2.24) is 15.3 Å². The van der Waals surface area contributed by atoms with Gasteiger partial charge in [0.1, 0.15) is 24.5 Å². The number of anilines is 2. The lowest BCUT2D eigenvalue weighted by Crippen LogP contribution is -2.42. The summed E-state index contributed by atoms with van der Waals surface area (Å²) in [4.78, 5) is 11.9. The second kappa shape index (κ2) is 7.89. The topological polar surface area (TPSA) is 50.3 Å². The number of ether oxygens (including phenoxy) is 1. The van der Waals surface area contributed by atoms with Crippen LogP contribution in [-0.4, -0.2) is 29.6 Å². The van der Waals surface area contributed by atoms with Crippen LogP contribution in [-0.2, 0) is 18.4 Å². The summed E-state index contributed by atoms with van der Waals surface area (Å²) in [7, 11) is 0. The van der Waals surface area contributed by atoms with Crippen LogP contribution in [0, 0.1) is 0 Å². The molecule has 0 radical (unpaired) electrons. The number of nitrogens with one attached hydrogen (secondary N) is 1. The molecule has 1 aromatic heterocycles. The van der Waals surface area contributed by atoms with Crippen LogP contribution < -0.4 is 15.0 Å². The summed E-state index contributed by atoms with van der Waals surface area (Å²) < 4.78 is 6.22. The molecule has 1 unspecified atom stereocenters. The van der Waals surface area contributed by atoms with Crippen molar-refractivity contribution in [3.05, 3.63) is 77.2 Å². The lowest BCUT2D eigenvalue weighted by atomic mass is 9.75. The predicted molar refractivity (Wildman–Crippen MR) is 127 cm³/mol. The molecule has 2 aliphatic heterocycles. The zero-order chi connectivity index (χ0) is 21.5. The molecule has 6 rings (SSSR count). The normalized spacial score (nSPS) is 20.9. The van der Waals surface area contributed by atoms with Crippen molar-refractivity contribution < 1.29 is 4.74 Å². The van der Waals surface area contributed by atoms with Gasteiger partial charge in [0.25, 0.3) is 0 Å². The number of aromatic nitrogens is 2. The maximum absolute atomic E-state index is 6.22. The maximum Gasteiger partial charge on any atom is 0.140 e. The first-order valence-corrected chi connectivity index (χ1v) is 11.9. The van der Waals surface area contributed by atoms with Crippen LogP contribution in [0.2, 0.25) is 0 Å². The molecule has 1 aliphatic carbocycles. The van der Waals surface area contributed by atoms with Crippen molar-refractivity contribution in [3.8, 4) is 5.75 Å². The van der Waals surface area contributed by atoms with Crippen molar-refractivity contribution in [2.24, 2.45) is 0 Å². The first-order chi connectivity index (χ1) is 15.7. The minimum Gasteiger partial charge on any atom is -0.489 e. The average Bonchev–Trinajstić information content (AvgIpc) is 3.37. The molecular formula is C27H30N4O. The van der Waals surface area contributed by atoms with E-state index >= 15 is 0 Å². The molecular weight excluding hydrogens is 396 g/mol. The largest absolute Gasteiger partial charge is 0.489 e. The molecule has 3 aliphatic rings. The number of piperidine rings is 1. The zero-order valence-electron chi connectivity index (χ0n) is 18.7. The Balaban J connectivity index is 1.38. The molecule has 5 heteroatoms. The molecule has 0 saturated carbocycles. The van der Waals surface area contributed by atoms with E-state index in [0.29, 0.717) is 12.5 Å². The van der Waals surface area contributed by atoms with Gasteiger partial charge in [0.15, 0.2) is 0 Å². The SMILES string of the molecule is CC1CCc2ncnc(N3CC4(CCNCC4)c4cc(OCc5ccccc5)ccc43)c21. The first kappa shape index (κ1) is 19.7. The number of hydrogen-bond donors (Lipinski definition) is 1. The Bertz CT molecular complexity index is 1120. The molecule has 1 atom stereocenters. The van der Waals surface area contributed by atoms with E-state index in [1.807, 2.05) is 6.07 Å². The third kappa shape index (κ3) is 3.27. The van der Waals surface area contributed by atoms with Crippen LogP contribution in [0.4, 0.5) is 11.5 Å². The van der Waals surface area contributed by atoms with E-state index in [-0.39, 0.29) is 5.41 Å². The number of nitrogens with zero attached hydrogens (tertiary/aromatic N) is 3. The van der Waals surface area contributed by atoms with Crippen molar-refractivity contribution in [2.45, 2.75) is 50.5 Å². The van der Waals surface area contributed by atoms with Crippen molar-refractivity contribution >= 4 is 11.5 Å². The molecule has 5 nitrogen and oxygen atoms in total. The van der Waals surface area contributed by atoms with E-state index in [1.165, 1.54) is 34.5 Å². The van der Waals surface area contributed by atoms with Crippen molar-refractivity contribution in [2.75, 3.05) is 24.5 Å². The number of rotatable bonds is 4. The van der Waals surface area contributed by atoms with Gasteiger partial charge in [-0.05, 0) is 74.0 Å². The molecule has 1 spiro atoms. The molecule has 0 bridgehead atoms. The summed E-state index contributed by atoms with van der Waals surface area (Å²) in [6.45, 7) is 6.01. The van der Waals surface area contributed by atoms with E-state index in [0.717, 1.165) is 50.5 Å². The van der Waals surface area contributed by atoms with Gasteiger partial charge in [-0.15, -0.1) is 0 Å². The fourth-order valence-electron chi connectivity index (χ4n) is 5.84. The highest BCUT2D eigenvalue weighted by atomic mass is 16.5. The summed E-state index contributed by atoms with van der Waals surface area (Å²) in [6, 6.07) is 17.1. The molecule has 1 fully saturated rings. The Labute approximate surface area is 189 Å². The predicted octanol–water partition coefficient (Wildman–Crippen LogP) is 4.88. The minimum atomic E-state index is 0.145. The summed E-state index contributed by atoms with van der Waals surface area (Å²) in [5, 5.41) is 3.56. The summed E-state index contributed by atoms with van der Waals surface area (Å²) in [6.07, 6.45) is 6.27. The Kier molecular flexibility index (Phi) is 4.87. The summed E-state index contributed by atoms with van der Waals surface area (Å²) >= 11 is 0. The van der Waals surface area contributed by atoms with E-state index < -0.39 is 0 Å². The zero-order valence-corrected chi connectivity index (χ0v) is 18.7. The van der Waals surface area contributed by atoms with Gasteiger partial charge in [0, 0.05) is 28.9 Å². The van der Waals surface area contributed by atoms with Crippen LogP contribution in [0.15, 0.2) is 54.9 Å². The highest BCUT2D eigenvalue weighted by Gasteiger charge is 2.45. The van der Waals surface area contributed by atoms with Gasteiger partial charge in [-0.2, -0.15) is 0 Å². The fraction of sp³-hybridized carbons (Fsp3) is 0.407. The van der Waals surface area contributed by atoms with E-state index in [9.17, 15) is 0 Å². The molecule has 3 heterocycles. The van der Waals surface area contributed by atoms with Crippen LogP contribution in [0.1, 0.15) is 54.5 Å². The number of aryl methyl sites for hydroxylation is 1. The van der Waals surface area contributed by atoms with Crippen LogP contribution in [0.3, 0.4) is 0 Å². The third-order valence-electron chi connectivity index (χ3n) is 7.61. The second-order valence-electron chi connectivity index (χ2n) is 9.57. The maximum atomic E-state index is 6.22. The van der Waals surface area contributed by atoms with Crippen LogP contribution in [0.25, 0.3) is 0 Å². The van der Waals surface area contributed by atoms with Gasteiger partial charge < -0.3 is 15.0 Å². The Hall–Kier alpha value is -2.92. The Morgan fingerprint density at radius 3 is 2.78 bits per heavy atom. The number of benzene rings is 2. The lowest BCUT2D eigenvalue weighted by Gasteiger charge is -2.35. The minimum absolute atomic E-state index is 0.145. The van der Waals surface area contributed by atoms with Gasteiger partial charge >= 0.3 is 0 Å². The summed E-state index contributed by atoms with van der Waals surface area (Å²) in [5.74, 6) is 2.59. The molecule has 2 aromatic carbocycles. The highest BCUT2D eigenvalue weighted by Crippen LogP contribution is 2.51. The van der Waals surface area contributed by atoms with Crippen molar-refractivity contribution in [1.29, 1.82) is 0 Å². The van der Waals surface area contributed by atoms with Gasteiger partial charge in [-0.1, -0.05) is 37.3 Å². The van der Waals surface area contributed by atoms with Gasteiger partial charge in [-0.3, -0.25) is 0 Å². The van der Waals surface area contributed by atoms with Gasteiger partial charge in [-0.25, -0.2) is 9.97 Å². The average molecular weight is 427 g/mol. The molecule has 164 valence electrons. The first-order valence-electron chi connectivity index (χ1n) is 11.9. The van der Waals surface area contributed by atoms with Gasteiger partial charge in [0.05, 0.1) is 0 Å². The molecule has 1 saturated heterocycles. The smallest absolute Gasteiger partial charge is 0.140 e. The van der Waals surface area contributed by atoms with E-state index in [1.54, 1.807) is 6.33 Å². The van der Waals surface area contributed by atoms with Crippen molar-refractivity contribution in [3.63, 3.8) is 0 Å². The highest BCUT2D eigenvalue weighted by molar-refractivity contribution is 5.74. The summed E-state index contributed by atoms with van der Waals surface area (Å²) in [5.41, 5.74) is 6.64. The fourth-order valence-corrected chi connectivity index (χ4v) is 5.84. The third-order valence-corrected chi connectivity index (χ3v) is 7.61. The molecule has 32 heavy (non-hydrogen) atoms. The lowest BCUT2D eigenvalue weighted by molar-refractivity contribution is 0.301. The van der Waals surface area contributed by atoms with E-state index in [2.05, 4.69) is 64.6 Å². The molecule has 0 amide bonds. The quantitative estimate of drug-likeness (QED) is 0.644. The van der Waals surface area contributed by atoms with E-state index in [4.69, 9.17) is 9.72 Å². The molecule has 3 aromatic rings. The number of hydrogen-bond acceptors (Lipinski definition) is 5. The Morgan fingerprint density at radius 2 is 1.94 bits per heavy atom. The van der Waals surface area contributed by atoms with Gasteiger partial charge in [0.2, 0.25) is 0 Å². The van der Waals surface area contributed by atoms with Crippen LogP contribution in [0.5, 0.6) is 5.75 Å². The Morgan fingerprint density at radius 1 is 1.09 bits per heavy atom. The second-order valence-corrected chi connectivity index (χ2v) is 9.57.